The minimum atomic E-state index is -0.362. The predicted molar refractivity (Wildman–Crippen MR) is 112 cm³/mol. The van der Waals surface area contributed by atoms with E-state index in [-0.39, 0.29) is 11.7 Å². The van der Waals surface area contributed by atoms with Crippen LogP contribution in [0.2, 0.25) is 0 Å². The van der Waals surface area contributed by atoms with Crippen LogP contribution in [0.1, 0.15) is 36.8 Å². The number of aromatic nitrogens is 7. The molecule has 2 N–H and O–H groups in total. The topological polar surface area (TPSA) is 131 Å². The molecule has 3 aromatic rings. The molecule has 4 heterocycles. The molecule has 0 aliphatic carbocycles. The Morgan fingerprint density at radius 2 is 2.19 bits per heavy atom. The average molecular weight is 420 g/mol. The fraction of sp³-hybridized carbons (Fsp3) is 0.450. The highest BCUT2D eigenvalue weighted by Crippen LogP contribution is 2.36. The van der Waals surface area contributed by atoms with Gasteiger partial charge in [0.05, 0.1) is 24.5 Å². The van der Waals surface area contributed by atoms with E-state index in [9.17, 15) is 0 Å². The zero-order valence-corrected chi connectivity index (χ0v) is 17.3. The Morgan fingerprint density at radius 3 is 2.94 bits per heavy atom. The summed E-state index contributed by atoms with van der Waals surface area (Å²) in [5, 5.41) is 31.7. The number of pyridine rings is 1. The minimum Gasteiger partial charge on any atom is -0.383 e. The van der Waals surface area contributed by atoms with Crippen LogP contribution in [0.5, 0.6) is 0 Å². The van der Waals surface area contributed by atoms with Gasteiger partial charge in [-0.25, -0.2) is 4.68 Å². The van der Waals surface area contributed by atoms with Crippen molar-refractivity contribution in [3.63, 3.8) is 0 Å². The first-order chi connectivity index (χ1) is 15.2. The van der Waals surface area contributed by atoms with E-state index < -0.39 is 0 Å². The SMILES string of the molecule is C#CCCC1(CCNC(c2cc(-c3ccccn3)n[nH]2)c2nnnn2CCOC)N=N1. The summed E-state index contributed by atoms with van der Waals surface area (Å²) in [7, 11) is 1.64. The number of nitrogens with one attached hydrogen (secondary N) is 2. The average Bonchev–Trinajstić information content (AvgIpc) is 3.18. The molecule has 0 aromatic carbocycles. The number of tetrazole rings is 1. The van der Waals surface area contributed by atoms with Crippen LogP contribution < -0.4 is 5.32 Å². The molecule has 1 aliphatic rings. The van der Waals surface area contributed by atoms with E-state index >= 15 is 0 Å². The van der Waals surface area contributed by atoms with Gasteiger partial charge in [0.25, 0.3) is 0 Å². The van der Waals surface area contributed by atoms with Gasteiger partial charge in [-0.3, -0.25) is 10.1 Å². The van der Waals surface area contributed by atoms with Crippen molar-refractivity contribution >= 4 is 0 Å². The molecule has 1 aliphatic heterocycles. The molecule has 4 rings (SSSR count). The first-order valence-electron chi connectivity index (χ1n) is 10.1. The predicted octanol–water partition coefficient (Wildman–Crippen LogP) is 1.75. The highest BCUT2D eigenvalue weighted by atomic mass is 16.5. The number of H-pyrrole nitrogens is 1. The lowest BCUT2D eigenvalue weighted by Gasteiger charge is -2.18. The molecule has 0 fully saturated rings. The van der Waals surface area contributed by atoms with Crippen molar-refractivity contribution in [2.45, 2.75) is 37.5 Å². The van der Waals surface area contributed by atoms with Crippen molar-refractivity contribution in [1.29, 1.82) is 0 Å². The summed E-state index contributed by atoms with van der Waals surface area (Å²) in [6.07, 6.45) is 9.28. The second kappa shape index (κ2) is 9.55. The van der Waals surface area contributed by atoms with Gasteiger partial charge in [0.1, 0.15) is 11.7 Å². The maximum absolute atomic E-state index is 5.39. The van der Waals surface area contributed by atoms with Crippen LogP contribution >= 0.6 is 0 Å². The number of ether oxygens (including phenoxy) is 1. The van der Waals surface area contributed by atoms with Crippen LogP contribution in [0.15, 0.2) is 40.7 Å². The second-order valence-corrected chi connectivity index (χ2v) is 7.20. The maximum atomic E-state index is 5.39. The van der Waals surface area contributed by atoms with Crippen LogP contribution in [0.4, 0.5) is 0 Å². The van der Waals surface area contributed by atoms with Gasteiger partial charge in [-0.05, 0) is 28.6 Å². The normalized spacial score (nSPS) is 15.0. The van der Waals surface area contributed by atoms with Crippen molar-refractivity contribution < 1.29 is 4.74 Å². The number of methoxy groups -OCH3 is 1. The van der Waals surface area contributed by atoms with Gasteiger partial charge < -0.3 is 10.1 Å². The van der Waals surface area contributed by atoms with Crippen LogP contribution in [0.3, 0.4) is 0 Å². The number of nitrogens with zero attached hydrogens (tertiary/aromatic N) is 8. The molecule has 0 saturated carbocycles. The van der Waals surface area contributed by atoms with Crippen molar-refractivity contribution in [2.75, 3.05) is 20.3 Å². The summed E-state index contributed by atoms with van der Waals surface area (Å²) in [5.41, 5.74) is 2.00. The molecule has 3 aromatic heterocycles. The van der Waals surface area contributed by atoms with Gasteiger partial charge in [-0.1, -0.05) is 6.07 Å². The molecule has 0 amide bonds. The summed E-state index contributed by atoms with van der Waals surface area (Å²) in [5.74, 6) is 3.32. The summed E-state index contributed by atoms with van der Waals surface area (Å²) in [6.45, 7) is 1.69. The molecule has 1 unspecified atom stereocenters. The molecule has 0 spiro atoms. The third-order valence-corrected chi connectivity index (χ3v) is 5.09. The van der Waals surface area contributed by atoms with Crippen molar-refractivity contribution in [3.8, 4) is 23.7 Å². The van der Waals surface area contributed by atoms with E-state index in [0.29, 0.717) is 31.9 Å². The second-order valence-electron chi connectivity index (χ2n) is 7.20. The largest absolute Gasteiger partial charge is 0.383 e. The summed E-state index contributed by atoms with van der Waals surface area (Å²) in [6, 6.07) is 7.36. The Bertz CT molecular complexity index is 1050. The molecule has 11 heteroatoms. The first-order valence-corrected chi connectivity index (χ1v) is 10.1. The molecule has 160 valence electrons. The highest BCUT2D eigenvalue weighted by molar-refractivity contribution is 5.54. The molecular weight excluding hydrogens is 396 g/mol. The monoisotopic (exact) mass is 420 g/mol. The third-order valence-electron chi connectivity index (χ3n) is 5.09. The lowest BCUT2D eigenvalue weighted by molar-refractivity contribution is 0.181. The minimum absolute atomic E-state index is 0.305. The molecule has 0 radical (unpaired) electrons. The Hall–Kier alpha value is -3.49. The lowest BCUT2D eigenvalue weighted by atomic mass is 10.0. The van der Waals surface area contributed by atoms with Gasteiger partial charge >= 0.3 is 0 Å². The zero-order valence-electron chi connectivity index (χ0n) is 17.3. The van der Waals surface area contributed by atoms with E-state index in [4.69, 9.17) is 11.2 Å². The van der Waals surface area contributed by atoms with Gasteiger partial charge in [0, 0.05) is 39.1 Å². The van der Waals surface area contributed by atoms with E-state index in [0.717, 1.165) is 29.9 Å². The molecule has 31 heavy (non-hydrogen) atoms. The lowest BCUT2D eigenvalue weighted by Crippen LogP contribution is -2.30. The number of terminal acetylenes is 1. The number of rotatable bonds is 12. The van der Waals surface area contributed by atoms with Crippen LogP contribution in [-0.4, -0.2) is 61.3 Å². The first kappa shape index (κ1) is 20.8. The fourth-order valence-electron chi connectivity index (χ4n) is 3.31. The molecule has 1 atom stereocenters. The highest BCUT2D eigenvalue weighted by Gasteiger charge is 2.39. The summed E-state index contributed by atoms with van der Waals surface area (Å²) in [4.78, 5) is 4.37. The fourth-order valence-corrected chi connectivity index (χ4v) is 3.31. The van der Waals surface area contributed by atoms with Crippen molar-refractivity contribution in [3.05, 3.63) is 42.0 Å². The van der Waals surface area contributed by atoms with Gasteiger partial charge in [0.15, 0.2) is 11.5 Å². The third kappa shape index (κ3) is 4.99. The van der Waals surface area contributed by atoms with Crippen LogP contribution in [-0.2, 0) is 11.3 Å². The Balaban J connectivity index is 1.53. The maximum Gasteiger partial charge on any atom is 0.193 e. The summed E-state index contributed by atoms with van der Waals surface area (Å²) >= 11 is 0. The van der Waals surface area contributed by atoms with Gasteiger partial charge in [0.2, 0.25) is 0 Å². The van der Waals surface area contributed by atoms with Crippen LogP contribution in [0.25, 0.3) is 11.4 Å². The molecule has 11 nitrogen and oxygen atoms in total. The smallest absolute Gasteiger partial charge is 0.193 e. The standard InChI is InChI=1S/C20H24N10O/c1-3-4-8-20(26-27-20)9-11-22-18(19-25-28-29-30(19)12-13-31-2)17-14-16(23-24-17)15-7-5-6-10-21-15/h1,5-7,10,14,18,22H,4,8-9,11-13H2,2H3,(H,23,24). The number of hydrogen-bond acceptors (Lipinski definition) is 9. The molecular formula is C20H24N10O. The number of hydrogen-bond donors (Lipinski definition) is 2. The van der Waals surface area contributed by atoms with Crippen molar-refractivity contribution in [1.82, 2.24) is 40.7 Å². The van der Waals surface area contributed by atoms with Crippen molar-refractivity contribution in [2.24, 2.45) is 10.2 Å². The molecule has 0 bridgehead atoms. The summed E-state index contributed by atoms with van der Waals surface area (Å²) < 4.78 is 6.91. The van der Waals surface area contributed by atoms with E-state index in [2.05, 4.69) is 52.2 Å². The van der Waals surface area contributed by atoms with Gasteiger partial charge in [-0.15, -0.1) is 17.4 Å². The Kier molecular flexibility index (Phi) is 6.40. The Morgan fingerprint density at radius 1 is 1.29 bits per heavy atom. The quantitative estimate of drug-likeness (QED) is 0.427. The van der Waals surface area contributed by atoms with E-state index in [1.54, 1.807) is 18.0 Å². The Labute approximate surface area is 179 Å². The van der Waals surface area contributed by atoms with E-state index in [1.165, 1.54) is 0 Å². The zero-order chi connectivity index (χ0) is 21.5. The van der Waals surface area contributed by atoms with Crippen LogP contribution in [0, 0.1) is 12.3 Å². The van der Waals surface area contributed by atoms with Gasteiger partial charge in [-0.2, -0.15) is 15.3 Å². The van der Waals surface area contributed by atoms with E-state index in [1.807, 2.05) is 24.3 Å². The number of aromatic amines is 1. The molecule has 0 saturated heterocycles.